The Morgan fingerprint density at radius 3 is 2.14 bits per heavy atom. The summed E-state index contributed by atoms with van der Waals surface area (Å²) in [5, 5.41) is 0. The van der Waals surface area contributed by atoms with E-state index in [2.05, 4.69) is 19.3 Å². The molecule has 0 amide bonds. The van der Waals surface area contributed by atoms with Gasteiger partial charge in [0, 0.05) is 15.0 Å². The molecule has 0 rings (SSSR count). The van der Waals surface area contributed by atoms with Crippen LogP contribution in [0, 0.1) is 0 Å². The summed E-state index contributed by atoms with van der Waals surface area (Å²) in [6, 6.07) is 0. The summed E-state index contributed by atoms with van der Waals surface area (Å²) in [5.74, 6) is 0. The lowest BCUT2D eigenvalue weighted by Crippen LogP contribution is -2.16. The molecule has 0 saturated carbocycles. The zero-order valence-corrected chi connectivity index (χ0v) is 9.85. The van der Waals surface area contributed by atoms with Crippen molar-refractivity contribution in [3.05, 3.63) is 0 Å². The Kier molecular flexibility index (Phi) is 18.1. The lowest BCUT2D eigenvalue weighted by molar-refractivity contribution is 0.0379. The summed E-state index contributed by atoms with van der Waals surface area (Å²) >= 11 is 0. The van der Waals surface area contributed by atoms with E-state index in [0.717, 1.165) is 13.2 Å². The molecule has 0 aliphatic rings. The first-order chi connectivity index (χ1) is 6.41. The second-order valence-corrected chi connectivity index (χ2v) is 3.51. The number of hydroxylamine groups is 1. The number of hydrogen-bond acceptors (Lipinski definition) is 2. The van der Waals surface area contributed by atoms with Crippen molar-refractivity contribution in [2.75, 3.05) is 13.2 Å². The molecule has 0 atom stereocenters. The van der Waals surface area contributed by atoms with Crippen LogP contribution in [0.15, 0.2) is 0 Å². The number of hydrogen-bond donors (Lipinski definition) is 1. The summed E-state index contributed by atoms with van der Waals surface area (Å²) in [6.45, 7) is 6.31. The van der Waals surface area contributed by atoms with Crippen molar-refractivity contribution in [3.8, 4) is 0 Å². The van der Waals surface area contributed by atoms with Gasteiger partial charge < -0.3 is 4.84 Å². The third kappa shape index (κ3) is 14.5. The smallest absolute Gasteiger partial charge is 0.0682 e. The Hall–Kier alpha value is -0.0151. The Bertz CT molecular complexity index is 81.4. The lowest BCUT2D eigenvalue weighted by Gasteiger charge is -2.04. The molecule has 0 aliphatic carbocycles. The van der Waals surface area contributed by atoms with Crippen molar-refractivity contribution in [3.63, 3.8) is 0 Å². The summed E-state index contributed by atoms with van der Waals surface area (Å²) in [4.78, 5) is 5.27. The summed E-state index contributed by atoms with van der Waals surface area (Å²) in [6.07, 6.45) is 8.92. The van der Waals surface area contributed by atoms with E-state index in [9.17, 15) is 0 Å². The van der Waals surface area contributed by atoms with Gasteiger partial charge in [-0.15, -0.1) is 0 Å². The van der Waals surface area contributed by atoms with E-state index >= 15 is 0 Å². The monoisotopic (exact) mass is 198 g/mol. The van der Waals surface area contributed by atoms with Crippen molar-refractivity contribution < 1.29 is 4.84 Å². The van der Waals surface area contributed by atoms with E-state index in [1.165, 1.54) is 44.9 Å². The van der Waals surface area contributed by atoms with E-state index in [1.54, 1.807) is 0 Å². The highest BCUT2D eigenvalue weighted by molar-refractivity contribution is 5.75. The van der Waals surface area contributed by atoms with Crippen molar-refractivity contribution >= 4 is 8.41 Å². The second kappa shape index (κ2) is 15.5. The normalized spacial score (nSPS) is 9.86. The molecule has 0 saturated heterocycles. The van der Waals surface area contributed by atoms with Crippen LogP contribution in [0.4, 0.5) is 0 Å². The summed E-state index contributed by atoms with van der Waals surface area (Å²) in [7, 11) is 0. The van der Waals surface area contributed by atoms with E-state index in [-0.39, 0.29) is 8.41 Å². The fourth-order valence-corrected chi connectivity index (χ4v) is 1.19. The van der Waals surface area contributed by atoms with Crippen LogP contribution >= 0.6 is 0 Å². The highest BCUT2D eigenvalue weighted by Gasteiger charge is 1.89. The highest BCUT2D eigenvalue weighted by atomic mass is 16.6. The molecule has 0 heterocycles. The Labute approximate surface area is 91.3 Å². The van der Waals surface area contributed by atoms with Crippen LogP contribution in [0.1, 0.15) is 58.8 Å². The molecule has 0 aromatic carbocycles. The third-order valence-corrected chi connectivity index (χ3v) is 2.08. The van der Waals surface area contributed by atoms with Gasteiger partial charge in [-0.05, 0) is 12.8 Å². The molecular formula is C11H25BNO. The van der Waals surface area contributed by atoms with Crippen molar-refractivity contribution in [1.29, 1.82) is 0 Å². The van der Waals surface area contributed by atoms with Gasteiger partial charge >= 0.3 is 0 Å². The Morgan fingerprint density at radius 1 is 0.857 bits per heavy atom. The fourth-order valence-electron chi connectivity index (χ4n) is 1.19. The molecule has 0 aliphatic heterocycles. The van der Waals surface area contributed by atoms with Crippen LogP contribution < -0.4 is 5.48 Å². The van der Waals surface area contributed by atoms with Crippen molar-refractivity contribution in [1.82, 2.24) is 5.48 Å². The van der Waals surface area contributed by atoms with Gasteiger partial charge in [0.1, 0.15) is 0 Å². The zero-order valence-electron chi connectivity index (χ0n) is 9.85. The number of nitrogens with one attached hydrogen (secondary N) is 1. The van der Waals surface area contributed by atoms with Gasteiger partial charge in [-0.2, -0.15) is 0 Å². The van der Waals surface area contributed by atoms with Gasteiger partial charge in [0.25, 0.3) is 0 Å². The van der Waals surface area contributed by atoms with Crippen LogP contribution in [-0.4, -0.2) is 21.6 Å². The molecule has 0 aromatic rings. The quantitative estimate of drug-likeness (QED) is 0.331. The zero-order chi connectivity index (χ0) is 9.78. The molecule has 3 radical (unpaired) electrons. The van der Waals surface area contributed by atoms with Gasteiger partial charge in [-0.3, -0.25) is 0 Å². The van der Waals surface area contributed by atoms with Crippen LogP contribution in [-0.2, 0) is 4.84 Å². The first-order valence-corrected chi connectivity index (χ1v) is 5.76. The Morgan fingerprint density at radius 2 is 1.50 bits per heavy atom. The van der Waals surface area contributed by atoms with Gasteiger partial charge in [-0.1, -0.05) is 46.0 Å². The molecule has 0 fully saturated rings. The second-order valence-electron chi connectivity index (χ2n) is 3.51. The van der Waals surface area contributed by atoms with E-state index in [0.29, 0.717) is 0 Å². The average Bonchev–Trinajstić information content (AvgIpc) is 2.16. The minimum atomic E-state index is 0. The van der Waals surface area contributed by atoms with E-state index < -0.39 is 0 Å². The topological polar surface area (TPSA) is 21.3 Å². The van der Waals surface area contributed by atoms with Crippen LogP contribution in [0.3, 0.4) is 0 Å². The molecule has 3 heteroatoms. The minimum Gasteiger partial charge on any atom is -0.302 e. The predicted molar refractivity (Wildman–Crippen MR) is 63.4 cm³/mol. The van der Waals surface area contributed by atoms with E-state index in [1.807, 2.05) is 0 Å². The maximum absolute atomic E-state index is 5.27. The molecular weight excluding hydrogens is 173 g/mol. The first-order valence-electron chi connectivity index (χ1n) is 5.76. The largest absolute Gasteiger partial charge is 0.302 e. The predicted octanol–water partition coefficient (Wildman–Crippen LogP) is 2.90. The van der Waals surface area contributed by atoms with Gasteiger partial charge in [-0.25, -0.2) is 5.48 Å². The van der Waals surface area contributed by atoms with Crippen molar-refractivity contribution in [2.24, 2.45) is 0 Å². The molecule has 2 nitrogen and oxygen atoms in total. The molecule has 1 N–H and O–H groups in total. The fraction of sp³-hybridized carbons (Fsp3) is 1.00. The molecule has 0 bridgehead atoms. The first kappa shape index (κ1) is 16.4. The van der Waals surface area contributed by atoms with Crippen LogP contribution in [0.2, 0.25) is 0 Å². The highest BCUT2D eigenvalue weighted by Crippen LogP contribution is 1.97. The molecule has 0 unspecified atom stereocenters. The standard InChI is InChI=1S/C11H25NO.B/c1-3-5-7-8-10-12-13-11-9-6-4-2;/h12H,3-11H2,1-2H3;. The molecule has 14 heavy (non-hydrogen) atoms. The third-order valence-electron chi connectivity index (χ3n) is 2.08. The van der Waals surface area contributed by atoms with E-state index in [4.69, 9.17) is 4.84 Å². The lowest BCUT2D eigenvalue weighted by atomic mass is 10.2. The van der Waals surface area contributed by atoms with Crippen LogP contribution in [0.5, 0.6) is 0 Å². The summed E-state index contributed by atoms with van der Waals surface area (Å²) < 4.78 is 0. The van der Waals surface area contributed by atoms with Crippen LogP contribution in [0.25, 0.3) is 0 Å². The summed E-state index contributed by atoms with van der Waals surface area (Å²) in [5.41, 5.74) is 3.00. The van der Waals surface area contributed by atoms with Gasteiger partial charge in [0.2, 0.25) is 0 Å². The number of unbranched alkanes of at least 4 members (excludes halogenated alkanes) is 5. The van der Waals surface area contributed by atoms with Crippen molar-refractivity contribution in [2.45, 2.75) is 58.8 Å². The maximum Gasteiger partial charge on any atom is 0.0682 e. The maximum atomic E-state index is 5.27. The Balaban J connectivity index is 0. The molecule has 0 spiro atoms. The minimum absolute atomic E-state index is 0. The number of rotatable bonds is 10. The molecule has 0 aromatic heterocycles. The molecule has 83 valence electrons. The van der Waals surface area contributed by atoms with Gasteiger partial charge in [0.15, 0.2) is 0 Å². The average molecular weight is 198 g/mol. The van der Waals surface area contributed by atoms with Gasteiger partial charge in [0.05, 0.1) is 6.61 Å². The SMILES string of the molecule is CCCCCCNOCCCCC.[B].